The number of likely N-dealkylation sites (N-methyl/N-ethyl adjacent to an activating group) is 1. The van der Waals surface area contributed by atoms with Crippen molar-refractivity contribution in [2.45, 2.75) is 26.8 Å². The predicted octanol–water partition coefficient (Wildman–Crippen LogP) is 0.311. The summed E-state index contributed by atoms with van der Waals surface area (Å²) in [5.74, 6) is -1.20. The maximum absolute atomic E-state index is 10.9. The smallest absolute Gasteiger partial charge is 0.326 e. The Morgan fingerprint density at radius 3 is 2.00 bits per heavy atom. The van der Waals surface area contributed by atoms with Crippen molar-refractivity contribution in [2.75, 3.05) is 7.05 Å². The van der Waals surface area contributed by atoms with E-state index in [1.807, 2.05) is 0 Å². The number of nitrogens with two attached hydrogens (primary N) is 1. The van der Waals surface area contributed by atoms with Crippen LogP contribution in [0.3, 0.4) is 0 Å². The number of rotatable bonds is 2. The van der Waals surface area contributed by atoms with E-state index in [1.54, 1.807) is 20.8 Å². The van der Waals surface area contributed by atoms with Gasteiger partial charge in [-0.25, -0.2) is 4.79 Å². The summed E-state index contributed by atoms with van der Waals surface area (Å²) in [6, 6.07) is -0.773. The van der Waals surface area contributed by atoms with Gasteiger partial charge >= 0.3 is 5.97 Å². The van der Waals surface area contributed by atoms with Crippen LogP contribution in [0.2, 0.25) is 0 Å². The van der Waals surface area contributed by atoms with Gasteiger partial charge in [-0.05, 0) is 5.41 Å². The van der Waals surface area contributed by atoms with Crippen LogP contribution in [0.4, 0.5) is 0 Å². The van der Waals surface area contributed by atoms with Gasteiger partial charge in [0.15, 0.2) is 5.96 Å². The molecule has 0 saturated carbocycles. The fourth-order valence-electron chi connectivity index (χ4n) is 1.26. The Hall–Kier alpha value is -1.26. The first-order valence-corrected chi connectivity index (χ1v) is 3.97. The largest absolute Gasteiger partial charge is 0.480 e. The van der Waals surface area contributed by atoms with Crippen molar-refractivity contribution in [1.29, 1.82) is 5.41 Å². The van der Waals surface area contributed by atoms with Crippen molar-refractivity contribution in [1.82, 2.24) is 4.90 Å². The molecule has 1 unspecified atom stereocenters. The van der Waals surface area contributed by atoms with Crippen molar-refractivity contribution in [3.8, 4) is 0 Å². The third kappa shape index (κ3) is 2.93. The summed E-state index contributed by atoms with van der Waals surface area (Å²) in [5, 5.41) is 16.1. The van der Waals surface area contributed by atoms with Crippen LogP contribution in [0.1, 0.15) is 20.8 Å². The maximum atomic E-state index is 10.9. The summed E-state index contributed by atoms with van der Waals surface area (Å²) in [4.78, 5) is 12.2. The van der Waals surface area contributed by atoms with Gasteiger partial charge in [0.1, 0.15) is 6.04 Å². The van der Waals surface area contributed by atoms with Gasteiger partial charge in [0.2, 0.25) is 0 Å². The average Bonchev–Trinajstić information content (AvgIpc) is 1.82. The molecule has 0 aliphatic carbocycles. The van der Waals surface area contributed by atoms with Crippen LogP contribution in [-0.2, 0) is 4.79 Å². The number of nitrogens with one attached hydrogen (secondary N) is 1. The molecule has 0 aromatic rings. The molecular formula is C8H17N3O2. The van der Waals surface area contributed by atoms with Crippen molar-refractivity contribution in [3.63, 3.8) is 0 Å². The third-order valence-electron chi connectivity index (χ3n) is 1.82. The van der Waals surface area contributed by atoms with Crippen LogP contribution in [0.15, 0.2) is 0 Å². The summed E-state index contributed by atoms with van der Waals surface area (Å²) in [6.07, 6.45) is 0. The highest BCUT2D eigenvalue weighted by Gasteiger charge is 2.35. The standard InChI is InChI=1S/C8H17N3O2/c1-8(2,3)5(6(12)13)11(4)7(9)10/h5H,1-4H3,(H3,9,10)(H,12,13). The van der Waals surface area contributed by atoms with Gasteiger partial charge in [-0.1, -0.05) is 20.8 Å². The summed E-state index contributed by atoms with van der Waals surface area (Å²) < 4.78 is 0. The molecule has 0 spiro atoms. The molecule has 1 atom stereocenters. The molecule has 0 radical (unpaired) electrons. The molecule has 0 saturated heterocycles. The zero-order valence-electron chi connectivity index (χ0n) is 8.46. The van der Waals surface area contributed by atoms with Gasteiger partial charge in [0, 0.05) is 7.05 Å². The Kier molecular flexibility index (Phi) is 3.28. The van der Waals surface area contributed by atoms with Crippen molar-refractivity contribution < 1.29 is 9.90 Å². The third-order valence-corrected chi connectivity index (χ3v) is 1.82. The lowest BCUT2D eigenvalue weighted by Crippen LogP contribution is -2.52. The number of carboxylic acids is 1. The second-order valence-corrected chi connectivity index (χ2v) is 4.10. The van der Waals surface area contributed by atoms with E-state index in [4.69, 9.17) is 16.2 Å². The average molecular weight is 187 g/mol. The highest BCUT2D eigenvalue weighted by Crippen LogP contribution is 2.23. The minimum Gasteiger partial charge on any atom is -0.480 e. The summed E-state index contributed by atoms with van der Waals surface area (Å²) in [6.45, 7) is 5.39. The van der Waals surface area contributed by atoms with Crippen LogP contribution >= 0.6 is 0 Å². The van der Waals surface area contributed by atoms with Crippen molar-refractivity contribution >= 4 is 11.9 Å². The van der Waals surface area contributed by atoms with Gasteiger partial charge in [0.25, 0.3) is 0 Å². The second kappa shape index (κ2) is 3.64. The van der Waals surface area contributed by atoms with Crippen LogP contribution in [-0.4, -0.2) is 35.0 Å². The molecule has 0 aliphatic rings. The molecule has 0 aromatic carbocycles. The molecule has 0 rings (SSSR count). The topological polar surface area (TPSA) is 90.4 Å². The molecule has 0 fully saturated rings. The fraction of sp³-hybridized carbons (Fsp3) is 0.750. The van der Waals surface area contributed by atoms with E-state index in [1.165, 1.54) is 11.9 Å². The quantitative estimate of drug-likeness (QED) is 0.428. The van der Waals surface area contributed by atoms with Gasteiger partial charge < -0.3 is 15.7 Å². The van der Waals surface area contributed by atoms with Crippen molar-refractivity contribution in [2.24, 2.45) is 11.1 Å². The first-order valence-electron chi connectivity index (χ1n) is 3.97. The Balaban J connectivity index is 4.83. The van der Waals surface area contributed by atoms with Gasteiger partial charge in [0.05, 0.1) is 0 Å². The molecule has 76 valence electrons. The van der Waals surface area contributed by atoms with Gasteiger partial charge in [-0.15, -0.1) is 0 Å². The highest BCUT2D eigenvalue weighted by atomic mass is 16.4. The van der Waals surface area contributed by atoms with Crippen LogP contribution in [0.25, 0.3) is 0 Å². The monoisotopic (exact) mass is 187 g/mol. The van der Waals surface area contributed by atoms with E-state index in [2.05, 4.69) is 0 Å². The number of nitrogens with zero attached hydrogens (tertiary/aromatic N) is 1. The second-order valence-electron chi connectivity index (χ2n) is 4.10. The van der Waals surface area contributed by atoms with E-state index in [-0.39, 0.29) is 5.96 Å². The first-order chi connectivity index (χ1) is 5.68. The number of aliphatic carboxylic acids is 1. The molecule has 13 heavy (non-hydrogen) atoms. The molecule has 4 N–H and O–H groups in total. The molecular weight excluding hydrogens is 170 g/mol. The SMILES string of the molecule is CN(C(=N)N)C(C(=O)O)C(C)(C)C. The minimum atomic E-state index is -0.967. The van der Waals surface area contributed by atoms with E-state index >= 15 is 0 Å². The summed E-state index contributed by atoms with van der Waals surface area (Å²) >= 11 is 0. The fourth-order valence-corrected chi connectivity index (χ4v) is 1.26. The molecule has 5 nitrogen and oxygen atoms in total. The minimum absolute atomic E-state index is 0.234. The number of hydrogen-bond acceptors (Lipinski definition) is 2. The zero-order chi connectivity index (χ0) is 10.8. The Labute approximate surface area is 78.0 Å². The molecule has 5 heteroatoms. The van der Waals surface area contributed by atoms with Crippen molar-refractivity contribution in [3.05, 3.63) is 0 Å². The van der Waals surface area contributed by atoms with Crippen LogP contribution in [0.5, 0.6) is 0 Å². The zero-order valence-corrected chi connectivity index (χ0v) is 8.46. The molecule has 0 amide bonds. The van der Waals surface area contributed by atoms with Gasteiger partial charge in [-0.2, -0.15) is 0 Å². The molecule has 0 heterocycles. The van der Waals surface area contributed by atoms with E-state index in [0.717, 1.165) is 0 Å². The number of hydrogen-bond donors (Lipinski definition) is 3. The first kappa shape index (κ1) is 11.7. The van der Waals surface area contributed by atoms with E-state index in [9.17, 15) is 4.79 Å². The summed E-state index contributed by atoms with van der Waals surface area (Å²) in [5.41, 5.74) is 4.77. The Morgan fingerprint density at radius 2 is 1.92 bits per heavy atom. The van der Waals surface area contributed by atoms with Gasteiger partial charge in [-0.3, -0.25) is 5.41 Å². The Morgan fingerprint density at radius 1 is 1.54 bits per heavy atom. The van der Waals surface area contributed by atoms with E-state index < -0.39 is 17.4 Å². The lowest BCUT2D eigenvalue weighted by Gasteiger charge is -2.34. The maximum Gasteiger partial charge on any atom is 0.326 e. The van der Waals surface area contributed by atoms with Crippen LogP contribution < -0.4 is 5.73 Å². The lowest BCUT2D eigenvalue weighted by atomic mass is 9.86. The lowest BCUT2D eigenvalue weighted by molar-refractivity contribution is -0.145. The summed E-state index contributed by atoms with van der Waals surface area (Å²) in [7, 11) is 1.51. The Bertz CT molecular complexity index is 220. The number of carboxylic acid groups (broad SMARTS) is 1. The van der Waals surface area contributed by atoms with Crippen LogP contribution in [0, 0.1) is 10.8 Å². The molecule has 0 aliphatic heterocycles. The number of carbonyl (C=O) groups is 1. The highest BCUT2D eigenvalue weighted by molar-refractivity contribution is 5.83. The van der Waals surface area contributed by atoms with E-state index in [0.29, 0.717) is 0 Å². The molecule has 0 bridgehead atoms. The normalized spacial score (nSPS) is 13.5. The molecule has 0 aromatic heterocycles. The number of guanidine groups is 1. The predicted molar refractivity (Wildman–Crippen MR) is 50.6 cm³/mol.